The van der Waals surface area contributed by atoms with E-state index in [9.17, 15) is 0 Å². The summed E-state index contributed by atoms with van der Waals surface area (Å²) in [5, 5.41) is 4.11. The molecular weight excluding hydrogens is 328 g/mol. The molecule has 0 aliphatic heterocycles. The SMILES string of the molecule is CC[C@@H](c1ccccc1)c1nc(-c2cccc(Br)c2)no1. The van der Waals surface area contributed by atoms with Gasteiger partial charge < -0.3 is 4.52 Å². The molecule has 0 fully saturated rings. The van der Waals surface area contributed by atoms with Crippen LogP contribution < -0.4 is 0 Å². The largest absolute Gasteiger partial charge is 0.338 e. The first-order valence-corrected chi connectivity index (χ1v) is 7.71. The average molecular weight is 343 g/mol. The predicted octanol–water partition coefficient (Wildman–Crippen LogP) is 5.04. The third-order valence-corrected chi connectivity index (χ3v) is 3.93. The second-order valence-corrected chi connectivity index (χ2v) is 5.75. The first-order chi connectivity index (χ1) is 10.3. The smallest absolute Gasteiger partial charge is 0.234 e. The maximum Gasteiger partial charge on any atom is 0.234 e. The highest BCUT2D eigenvalue weighted by Gasteiger charge is 2.19. The van der Waals surface area contributed by atoms with Crippen LogP contribution in [0.25, 0.3) is 11.4 Å². The van der Waals surface area contributed by atoms with Crippen LogP contribution in [-0.2, 0) is 0 Å². The van der Waals surface area contributed by atoms with Gasteiger partial charge in [0.2, 0.25) is 11.7 Å². The number of aromatic nitrogens is 2. The summed E-state index contributed by atoms with van der Waals surface area (Å²) in [6.07, 6.45) is 0.921. The minimum Gasteiger partial charge on any atom is -0.338 e. The summed E-state index contributed by atoms with van der Waals surface area (Å²) in [6, 6.07) is 18.2. The van der Waals surface area contributed by atoms with Crippen LogP contribution in [0.1, 0.15) is 30.7 Å². The molecule has 1 heterocycles. The number of hydrogen-bond acceptors (Lipinski definition) is 3. The molecule has 106 valence electrons. The molecule has 1 aromatic heterocycles. The average Bonchev–Trinajstić information content (AvgIpc) is 2.99. The highest BCUT2D eigenvalue weighted by Crippen LogP contribution is 2.28. The van der Waals surface area contributed by atoms with Crippen LogP contribution >= 0.6 is 15.9 Å². The van der Waals surface area contributed by atoms with Gasteiger partial charge >= 0.3 is 0 Å². The fourth-order valence-corrected chi connectivity index (χ4v) is 2.76. The molecule has 0 spiro atoms. The van der Waals surface area contributed by atoms with Gasteiger partial charge in [0.1, 0.15) is 0 Å². The van der Waals surface area contributed by atoms with Crippen molar-refractivity contribution in [3.05, 3.63) is 70.5 Å². The summed E-state index contributed by atoms with van der Waals surface area (Å²) >= 11 is 3.46. The van der Waals surface area contributed by atoms with Gasteiger partial charge in [-0.1, -0.05) is 70.5 Å². The topological polar surface area (TPSA) is 38.9 Å². The molecule has 2 aromatic carbocycles. The molecule has 0 aliphatic carbocycles. The van der Waals surface area contributed by atoms with Crippen LogP contribution in [0.3, 0.4) is 0 Å². The number of halogens is 1. The van der Waals surface area contributed by atoms with Gasteiger partial charge in [-0.2, -0.15) is 4.98 Å². The third-order valence-electron chi connectivity index (χ3n) is 3.43. The Balaban J connectivity index is 1.94. The predicted molar refractivity (Wildman–Crippen MR) is 86.0 cm³/mol. The first-order valence-electron chi connectivity index (χ1n) is 6.92. The van der Waals surface area contributed by atoms with Gasteiger partial charge in [-0.15, -0.1) is 0 Å². The molecule has 4 heteroatoms. The summed E-state index contributed by atoms with van der Waals surface area (Å²) in [5.41, 5.74) is 2.15. The summed E-state index contributed by atoms with van der Waals surface area (Å²) in [6.45, 7) is 2.13. The highest BCUT2D eigenvalue weighted by atomic mass is 79.9. The van der Waals surface area contributed by atoms with Crippen molar-refractivity contribution < 1.29 is 4.52 Å². The van der Waals surface area contributed by atoms with E-state index >= 15 is 0 Å². The van der Waals surface area contributed by atoms with Crippen molar-refractivity contribution in [3.8, 4) is 11.4 Å². The van der Waals surface area contributed by atoms with Crippen LogP contribution in [0.4, 0.5) is 0 Å². The zero-order chi connectivity index (χ0) is 14.7. The maximum absolute atomic E-state index is 5.49. The lowest BCUT2D eigenvalue weighted by Crippen LogP contribution is -1.99. The lowest BCUT2D eigenvalue weighted by atomic mass is 9.96. The van der Waals surface area contributed by atoms with E-state index in [0.717, 1.165) is 16.5 Å². The summed E-state index contributed by atoms with van der Waals surface area (Å²) in [4.78, 5) is 4.57. The van der Waals surface area contributed by atoms with Crippen molar-refractivity contribution in [1.82, 2.24) is 10.1 Å². The Hall–Kier alpha value is -1.94. The van der Waals surface area contributed by atoms with Gasteiger partial charge in [0.25, 0.3) is 0 Å². The highest BCUT2D eigenvalue weighted by molar-refractivity contribution is 9.10. The van der Waals surface area contributed by atoms with Crippen molar-refractivity contribution in [3.63, 3.8) is 0 Å². The van der Waals surface area contributed by atoms with Crippen LogP contribution in [0, 0.1) is 0 Å². The van der Waals surface area contributed by atoms with E-state index in [2.05, 4.69) is 45.1 Å². The molecule has 21 heavy (non-hydrogen) atoms. The number of rotatable bonds is 4. The van der Waals surface area contributed by atoms with E-state index in [1.165, 1.54) is 5.56 Å². The minimum atomic E-state index is 0.139. The van der Waals surface area contributed by atoms with E-state index in [1.54, 1.807) is 0 Å². The number of hydrogen-bond donors (Lipinski definition) is 0. The molecule has 0 unspecified atom stereocenters. The van der Waals surface area contributed by atoms with Gasteiger partial charge in [-0.25, -0.2) is 0 Å². The van der Waals surface area contributed by atoms with Crippen molar-refractivity contribution in [1.29, 1.82) is 0 Å². The zero-order valence-corrected chi connectivity index (χ0v) is 13.2. The molecule has 0 radical (unpaired) electrons. The van der Waals surface area contributed by atoms with E-state index in [0.29, 0.717) is 11.7 Å². The van der Waals surface area contributed by atoms with Crippen molar-refractivity contribution >= 4 is 15.9 Å². The third kappa shape index (κ3) is 3.05. The van der Waals surface area contributed by atoms with Crippen LogP contribution in [0.5, 0.6) is 0 Å². The Bertz CT molecular complexity index is 724. The fourth-order valence-electron chi connectivity index (χ4n) is 2.36. The molecule has 1 atom stereocenters. The lowest BCUT2D eigenvalue weighted by Gasteiger charge is -2.09. The quantitative estimate of drug-likeness (QED) is 0.666. The zero-order valence-electron chi connectivity index (χ0n) is 11.7. The monoisotopic (exact) mass is 342 g/mol. The Morgan fingerprint density at radius 3 is 2.62 bits per heavy atom. The molecule has 0 aliphatic rings. The van der Waals surface area contributed by atoms with Gasteiger partial charge in [0.05, 0.1) is 5.92 Å². The van der Waals surface area contributed by atoms with E-state index in [-0.39, 0.29) is 5.92 Å². The van der Waals surface area contributed by atoms with Crippen molar-refractivity contribution in [2.24, 2.45) is 0 Å². The molecule has 0 saturated heterocycles. The van der Waals surface area contributed by atoms with E-state index < -0.39 is 0 Å². The summed E-state index contributed by atoms with van der Waals surface area (Å²) < 4.78 is 6.49. The lowest BCUT2D eigenvalue weighted by molar-refractivity contribution is 0.363. The number of nitrogens with zero attached hydrogens (tertiary/aromatic N) is 2. The van der Waals surface area contributed by atoms with Crippen LogP contribution in [0.15, 0.2) is 63.6 Å². The van der Waals surface area contributed by atoms with Crippen LogP contribution in [0.2, 0.25) is 0 Å². The van der Waals surface area contributed by atoms with Gasteiger partial charge in [-0.05, 0) is 24.1 Å². The van der Waals surface area contributed by atoms with Crippen molar-refractivity contribution in [2.45, 2.75) is 19.3 Å². The Labute approximate surface area is 132 Å². The molecule has 3 nitrogen and oxygen atoms in total. The minimum absolute atomic E-state index is 0.139. The Morgan fingerprint density at radius 1 is 1.10 bits per heavy atom. The van der Waals surface area contributed by atoms with Crippen LogP contribution in [-0.4, -0.2) is 10.1 Å². The molecule has 0 N–H and O–H groups in total. The maximum atomic E-state index is 5.49. The molecule has 3 rings (SSSR count). The normalized spacial score (nSPS) is 12.3. The molecule has 0 saturated carbocycles. The standard InChI is InChI=1S/C17H15BrN2O/c1-2-15(12-7-4-3-5-8-12)17-19-16(20-21-17)13-9-6-10-14(18)11-13/h3-11,15H,2H2,1H3/t15-/m0/s1. The summed E-state index contributed by atoms with van der Waals surface area (Å²) in [5.74, 6) is 1.43. The van der Waals surface area contributed by atoms with E-state index in [1.807, 2.05) is 42.5 Å². The second kappa shape index (κ2) is 6.22. The second-order valence-electron chi connectivity index (χ2n) is 4.84. The van der Waals surface area contributed by atoms with E-state index in [4.69, 9.17) is 4.52 Å². The molecule has 0 amide bonds. The fraction of sp³-hybridized carbons (Fsp3) is 0.176. The molecule has 0 bridgehead atoms. The Kier molecular flexibility index (Phi) is 4.15. The first kappa shape index (κ1) is 14.0. The Morgan fingerprint density at radius 2 is 1.90 bits per heavy atom. The number of benzene rings is 2. The van der Waals surface area contributed by atoms with Crippen molar-refractivity contribution in [2.75, 3.05) is 0 Å². The van der Waals surface area contributed by atoms with Gasteiger partial charge in [0.15, 0.2) is 0 Å². The molecular formula is C17H15BrN2O. The summed E-state index contributed by atoms with van der Waals surface area (Å²) in [7, 11) is 0. The van der Waals surface area contributed by atoms with Gasteiger partial charge in [0, 0.05) is 10.0 Å². The van der Waals surface area contributed by atoms with Gasteiger partial charge in [-0.3, -0.25) is 0 Å². The molecule has 3 aromatic rings.